The van der Waals surface area contributed by atoms with Gasteiger partial charge in [-0.2, -0.15) is 0 Å². The molecular weight excluding hydrogens is 297 g/mol. The Morgan fingerprint density at radius 3 is 2.56 bits per heavy atom. The predicted octanol–water partition coefficient (Wildman–Crippen LogP) is 3.86. The molecule has 18 heavy (non-hydrogen) atoms. The quantitative estimate of drug-likeness (QED) is 0.825. The molecule has 1 amide bonds. The van der Waals surface area contributed by atoms with Gasteiger partial charge in [-0.1, -0.05) is 34.1 Å². The van der Waals surface area contributed by atoms with E-state index in [-0.39, 0.29) is 11.6 Å². The minimum atomic E-state index is -0.414. The number of hydrogen-bond donors (Lipinski definition) is 0. The van der Waals surface area contributed by atoms with E-state index in [1.165, 1.54) is 11.0 Å². The third kappa shape index (κ3) is 2.59. The van der Waals surface area contributed by atoms with Gasteiger partial charge in [-0.25, -0.2) is 4.39 Å². The molecule has 0 aromatic heterocycles. The van der Waals surface area contributed by atoms with Crippen LogP contribution in [0.3, 0.4) is 0 Å². The number of carbonyl (C=O) groups is 1. The predicted molar refractivity (Wildman–Crippen MR) is 73.3 cm³/mol. The van der Waals surface area contributed by atoms with Crippen molar-refractivity contribution in [2.75, 3.05) is 11.9 Å². The molecule has 0 aliphatic heterocycles. The maximum absolute atomic E-state index is 13.6. The number of benzene rings is 2. The van der Waals surface area contributed by atoms with Crippen LogP contribution in [0.5, 0.6) is 0 Å². The molecule has 2 nitrogen and oxygen atoms in total. The maximum Gasteiger partial charge on any atom is 0.258 e. The molecule has 2 aromatic rings. The van der Waals surface area contributed by atoms with Gasteiger partial charge < -0.3 is 4.90 Å². The van der Waals surface area contributed by atoms with Crippen LogP contribution < -0.4 is 4.90 Å². The molecular formula is C14H11BrFNO. The van der Waals surface area contributed by atoms with Crippen molar-refractivity contribution < 1.29 is 9.18 Å². The number of nitrogens with zero attached hydrogens (tertiary/aromatic N) is 1. The second-order valence-electron chi connectivity index (χ2n) is 3.83. The fourth-order valence-corrected chi connectivity index (χ4v) is 2.05. The Labute approximate surface area is 113 Å². The number of amides is 1. The third-order valence-electron chi connectivity index (χ3n) is 2.59. The summed E-state index contributed by atoms with van der Waals surface area (Å²) in [5.41, 5.74) is 0.776. The van der Waals surface area contributed by atoms with Gasteiger partial charge in [0.05, 0.1) is 5.69 Å². The monoisotopic (exact) mass is 307 g/mol. The first kappa shape index (κ1) is 12.8. The summed E-state index contributed by atoms with van der Waals surface area (Å²) in [4.78, 5) is 13.5. The Morgan fingerprint density at radius 1 is 1.17 bits per heavy atom. The maximum atomic E-state index is 13.6. The number of carbonyl (C=O) groups excluding carboxylic acids is 1. The van der Waals surface area contributed by atoms with E-state index in [1.807, 2.05) is 6.07 Å². The molecule has 0 bridgehead atoms. The normalized spacial score (nSPS) is 10.2. The average Bonchev–Trinajstić information content (AvgIpc) is 2.37. The van der Waals surface area contributed by atoms with Crippen LogP contribution in [-0.2, 0) is 0 Å². The van der Waals surface area contributed by atoms with Crippen LogP contribution >= 0.6 is 15.9 Å². The fourth-order valence-electron chi connectivity index (χ4n) is 1.65. The van der Waals surface area contributed by atoms with E-state index >= 15 is 0 Å². The van der Waals surface area contributed by atoms with E-state index in [9.17, 15) is 9.18 Å². The van der Waals surface area contributed by atoms with Crippen molar-refractivity contribution in [1.82, 2.24) is 0 Å². The van der Waals surface area contributed by atoms with Crippen molar-refractivity contribution in [1.29, 1.82) is 0 Å². The average molecular weight is 308 g/mol. The highest BCUT2D eigenvalue weighted by Crippen LogP contribution is 2.20. The topological polar surface area (TPSA) is 20.3 Å². The summed E-state index contributed by atoms with van der Waals surface area (Å²) in [6, 6.07) is 13.2. The van der Waals surface area contributed by atoms with E-state index in [4.69, 9.17) is 0 Å². The zero-order chi connectivity index (χ0) is 13.1. The third-order valence-corrected chi connectivity index (χ3v) is 3.08. The summed E-state index contributed by atoms with van der Waals surface area (Å²) in [6.07, 6.45) is 0. The molecule has 2 rings (SSSR count). The van der Waals surface area contributed by atoms with E-state index < -0.39 is 5.82 Å². The first-order chi connectivity index (χ1) is 8.59. The van der Waals surface area contributed by atoms with Gasteiger partial charge in [0, 0.05) is 17.1 Å². The van der Waals surface area contributed by atoms with Crippen LogP contribution in [0.1, 0.15) is 10.4 Å². The molecule has 0 aliphatic rings. The first-order valence-corrected chi connectivity index (χ1v) is 6.17. The molecule has 0 radical (unpaired) electrons. The van der Waals surface area contributed by atoms with Crippen molar-refractivity contribution in [3.05, 3.63) is 64.4 Å². The Balaban J connectivity index is 2.32. The van der Waals surface area contributed by atoms with E-state index in [1.54, 1.807) is 43.4 Å². The molecule has 0 N–H and O–H groups in total. The summed E-state index contributed by atoms with van der Waals surface area (Å²) in [6.45, 7) is 0. The van der Waals surface area contributed by atoms with Gasteiger partial charge >= 0.3 is 0 Å². The second-order valence-corrected chi connectivity index (χ2v) is 4.74. The zero-order valence-corrected chi connectivity index (χ0v) is 11.3. The summed E-state index contributed by atoms with van der Waals surface area (Å²) in [5.74, 6) is -0.662. The smallest absolute Gasteiger partial charge is 0.258 e. The highest BCUT2D eigenvalue weighted by molar-refractivity contribution is 9.10. The van der Waals surface area contributed by atoms with Crippen LogP contribution in [0.2, 0.25) is 0 Å². The van der Waals surface area contributed by atoms with E-state index in [2.05, 4.69) is 15.9 Å². The van der Waals surface area contributed by atoms with Crippen molar-refractivity contribution in [2.45, 2.75) is 0 Å². The van der Waals surface area contributed by atoms with Crippen LogP contribution in [0, 0.1) is 5.82 Å². The number of hydrogen-bond acceptors (Lipinski definition) is 1. The largest absolute Gasteiger partial charge is 0.309 e. The molecule has 0 heterocycles. The Bertz CT molecular complexity index is 586. The van der Waals surface area contributed by atoms with Crippen molar-refractivity contribution >= 4 is 27.5 Å². The summed E-state index contributed by atoms with van der Waals surface area (Å²) >= 11 is 3.31. The van der Waals surface area contributed by atoms with Crippen molar-refractivity contribution in [3.63, 3.8) is 0 Å². The number of para-hydroxylation sites is 1. The lowest BCUT2D eigenvalue weighted by atomic mass is 10.2. The van der Waals surface area contributed by atoms with Gasteiger partial charge in [0.1, 0.15) is 5.82 Å². The SMILES string of the molecule is CN(C(=O)c1cccc(Br)c1)c1ccccc1F. The Morgan fingerprint density at radius 2 is 1.89 bits per heavy atom. The first-order valence-electron chi connectivity index (χ1n) is 5.38. The summed E-state index contributed by atoms with van der Waals surface area (Å²) < 4.78 is 14.4. The van der Waals surface area contributed by atoms with Crippen molar-refractivity contribution in [3.8, 4) is 0 Å². The standard InChI is InChI=1S/C14H11BrFNO/c1-17(13-8-3-2-7-12(13)16)14(18)10-5-4-6-11(15)9-10/h2-9H,1H3. The van der Waals surface area contributed by atoms with Gasteiger partial charge in [-0.3, -0.25) is 4.79 Å². The van der Waals surface area contributed by atoms with Gasteiger partial charge in [0.25, 0.3) is 5.91 Å². The second kappa shape index (κ2) is 5.31. The van der Waals surface area contributed by atoms with Crippen LogP contribution in [0.4, 0.5) is 10.1 Å². The van der Waals surface area contributed by atoms with E-state index in [0.717, 1.165) is 4.47 Å². The van der Waals surface area contributed by atoms with Gasteiger partial charge in [0.2, 0.25) is 0 Å². The number of rotatable bonds is 2. The van der Waals surface area contributed by atoms with Gasteiger partial charge in [-0.15, -0.1) is 0 Å². The number of halogens is 2. The minimum Gasteiger partial charge on any atom is -0.309 e. The molecule has 0 saturated carbocycles. The van der Waals surface area contributed by atoms with Crippen LogP contribution in [0.25, 0.3) is 0 Å². The molecule has 2 aromatic carbocycles. The zero-order valence-electron chi connectivity index (χ0n) is 9.73. The minimum absolute atomic E-state index is 0.249. The molecule has 92 valence electrons. The highest BCUT2D eigenvalue weighted by Gasteiger charge is 2.16. The fraction of sp³-hybridized carbons (Fsp3) is 0.0714. The molecule has 0 saturated heterocycles. The lowest BCUT2D eigenvalue weighted by Crippen LogP contribution is -2.27. The highest BCUT2D eigenvalue weighted by atomic mass is 79.9. The summed E-state index contributed by atoms with van der Waals surface area (Å²) in [5, 5.41) is 0. The van der Waals surface area contributed by atoms with Crippen molar-refractivity contribution in [2.24, 2.45) is 0 Å². The summed E-state index contributed by atoms with van der Waals surface area (Å²) in [7, 11) is 1.56. The Kier molecular flexibility index (Phi) is 3.77. The van der Waals surface area contributed by atoms with E-state index in [0.29, 0.717) is 5.56 Å². The Hall–Kier alpha value is -1.68. The molecule has 0 fully saturated rings. The number of anilines is 1. The lowest BCUT2D eigenvalue weighted by Gasteiger charge is -2.18. The van der Waals surface area contributed by atoms with Crippen LogP contribution in [0.15, 0.2) is 53.0 Å². The molecule has 0 spiro atoms. The lowest BCUT2D eigenvalue weighted by molar-refractivity contribution is 0.0992. The van der Waals surface area contributed by atoms with Gasteiger partial charge in [0.15, 0.2) is 0 Å². The molecule has 0 atom stereocenters. The molecule has 0 aliphatic carbocycles. The van der Waals surface area contributed by atoms with Crippen LogP contribution in [-0.4, -0.2) is 13.0 Å². The molecule has 0 unspecified atom stereocenters. The molecule has 4 heteroatoms. The van der Waals surface area contributed by atoms with Gasteiger partial charge in [-0.05, 0) is 30.3 Å².